The molecule has 2 aromatic rings. The molecule has 0 unspecified atom stereocenters. The summed E-state index contributed by atoms with van der Waals surface area (Å²) < 4.78 is 2.21. The van der Waals surface area contributed by atoms with Gasteiger partial charge in [0.05, 0.1) is 0 Å². The van der Waals surface area contributed by atoms with Gasteiger partial charge >= 0.3 is 0 Å². The second-order valence-electron chi connectivity index (χ2n) is 7.43. The van der Waals surface area contributed by atoms with Crippen molar-refractivity contribution in [3.05, 3.63) is 35.7 Å². The molecule has 1 aliphatic rings. The van der Waals surface area contributed by atoms with Crippen LogP contribution in [0.3, 0.4) is 0 Å². The predicted octanol–water partition coefficient (Wildman–Crippen LogP) is 2.73. The first-order chi connectivity index (χ1) is 13.0. The van der Waals surface area contributed by atoms with Gasteiger partial charge in [-0.15, -0.1) is 0 Å². The first-order valence-electron chi connectivity index (χ1n) is 9.83. The molecule has 1 amide bonds. The SMILES string of the molecule is Cc1cc(C)nc(NCCC(=O)N2CCC(CCn3ccnc3C)CC2)n1. The zero-order valence-electron chi connectivity index (χ0n) is 16.6. The number of anilines is 1. The van der Waals surface area contributed by atoms with E-state index in [1.54, 1.807) is 0 Å². The highest BCUT2D eigenvalue weighted by Crippen LogP contribution is 2.22. The van der Waals surface area contributed by atoms with Crippen molar-refractivity contribution in [3.63, 3.8) is 0 Å². The molecule has 146 valence electrons. The van der Waals surface area contributed by atoms with Crippen molar-refractivity contribution in [2.24, 2.45) is 5.92 Å². The van der Waals surface area contributed by atoms with Crippen molar-refractivity contribution in [1.82, 2.24) is 24.4 Å². The van der Waals surface area contributed by atoms with E-state index in [1.165, 1.54) is 0 Å². The maximum atomic E-state index is 12.5. The quantitative estimate of drug-likeness (QED) is 0.811. The highest BCUT2D eigenvalue weighted by molar-refractivity contribution is 5.76. The van der Waals surface area contributed by atoms with Crippen molar-refractivity contribution in [2.75, 3.05) is 25.0 Å². The van der Waals surface area contributed by atoms with Crippen LogP contribution in [0.2, 0.25) is 0 Å². The normalized spacial score (nSPS) is 15.1. The van der Waals surface area contributed by atoms with E-state index >= 15 is 0 Å². The van der Waals surface area contributed by atoms with Crippen molar-refractivity contribution in [1.29, 1.82) is 0 Å². The predicted molar refractivity (Wildman–Crippen MR) is 105 cm³/mol. The van der Waals surface area contributed by atoms with E-state index in [9.17, 15) is 4.79 Å². The van der Waals surface area contributed by atoms with Crippen LogP contribution >= 0.6 is 0 Å². The Hall–Kier alpha value is -2.44. The van der Waals surface area contributed by atoms with Crippen LogP contribution in [0.25, 0.3) is 0 Å². The third-order valence-corrected chi connectivity index (χ3v) is 5.27. The topological polar surface area (TPSA) is 75.9 Å². The Balaban J connectivity index is 1.36. The fourth-order valence-electron chi connectivity index (χ4n) is 3.68. The van der Waals surface area contributed by atoms with Crippen LogP contribution in [0, 0.1) is 26.7 Å². The van der Waals surface area contributed by atoms with Gasteiger partial charge < -0.3 is 14.8 Å². The zero-order valence-corrected chi connectivity index (χ0v) is 16.6. The van der Waals surface area contributed by atoms with Gasteiger partial charge in [0.1, 0.15) is 5.82 Å². The average Bonchev–Trinajstić information content (AvgIpc) is 3.04. The van der Waals surface area contributed by atoms with Gasteiger partial charge in [0.15, 0.2) is 0 Å². The minimum Gasteiger partial charge on any atom is -0.354 e. The number of amides is 1. The van der Waals surface area contributed by atoms with Crippen LogP contribution in [-0.4, -0.2) is 50.0 Å². The zero-order chi connectivity index (χ0) is 19.2. The van der Waals surface area contributed by atoms with Crippen LogP contribution in [0.5, 0.6) is 0 Å². The maximum Gasteiger partial charge on any atom is 0.224 e. The Morgan fingerprint density at radius 2 is 1.89 bits per heavy atom. The van der Waals surface area contributed by atoms with Gasteiger partial charge in [0, 0.05) is 56.4 Å². The van der Waals surface area contributed by atoms with Crippen LogP contribution in [0.15, 0.2) is 18.5 Å². The average molecular weight is 371 g/mol. The number of hydrogen-bond acceptors (Lipinski definition) is 5. The van der Waals surface area contributed by atoms with E-state index in [2.05, 4.69) is 24.8 Å². The standard InChI is InChI=1S/C20H30N6O/c1-15-14-16(2)24-20(23-15)22-8-4-19(27)26-11-6-18(7-12-26)5-10-25-13-9-21-17(25)3/h9,13-14,18H,4-8,10-12H2,1-3H3,(H,22,23,24). The number of aromatic nitrogens is 4. The third kappa shape index (κ3) is 5.52. The first kappa shape index (κ1) is 19.3. The highest BCUT2D eigenvalue weighted by atomic mass is 16.2. The monoisotopic (exact) mass is 370 g/mol. The number of aryl methyl sites for hydroxylation is 4. The van der Waals surface area contributed by atoms with Crippen LogP contribution in [0.1, 0.15) is 42.9 Å². The van der Waals surface area contributed by atoms with E-state index in [0.717, 1.165) is 56.1 Å². The molecule has 1 fully saturated rings. The lowest BCUT2D eigenvalue weighted by molar-refractivity contribution is -0.132. The number of nitrogens with zero attached hydrogens (tertiary/aromatic N) is 5. The molecule has 27 heavy (non-hydrogen) atoms. The molecule has 1 N–H and O–H groups in total. The second-order valence-corrected chi connectivity index (χ2v) is 7.43. The van der Waals surface area contributed by atoms with Crippen molar-refractivity contribution in [2.45, 2.75) is 53.0 Å². The molecular weight excluding hydrogens is 340 g/mol. The Morgan fingerprint density at radius 1 is 1.19 bits per heavy atom. The number of likely N-dealkylation sites (tertiary alicyclic amines) is 1. The van der Waals surface area contributed by atoms with Crippen molar-refractivity contribution in [3.8, 4) is 0 Å². The van der Waals surface area contributed by atoms with Crippen LogP contribution < -0.4 is 5.32 Å². The molecule has 3 rings (SSSR count). The summed E-state index contributed by atoms with van der Waals surface area (Å²) >= 11 is 0. The molecule has 1 saturated heterocycles. The van der Waals surface area contributed by atoms with Gasteiger partial charge in [-0.3, -0.25) is 4.79 Å². The van der Waals surface area contributed by atoms with Crippen LogP contribution in [0.4, 0.5) is 5.95 Å². The van der Waals surface area contributed by atoms with Gasteiger partial charge in [-0.05, 0) is 52.0 Å². The minimum absolute atomic E-state index is 0.218. The minimum atomic E-state index is 0.218. The fraction of sp³-hybridized carbons (Fsp3) is 0.600. The Kier molecular flexibility index (Phi) is 6.42. The highest BCUT2D eigenvalue weighted by Gasteiger charge is 2.22. The number of carbonyl (C=O) groups excluding carboxylic acids is 1. The molecule has 1 aliphatic heterocycles. The van der Waals surface area contributed by atoms with E-state index in [0.29, 0.717) is 24.8 Å². The summed E-state index contributed by atoms with van der Waals surface area (Å²) in [6.07, 6.45) is 7.72. The number of imidazole rings is 1. The molecule has 0 bridgehead atoms. The largest absolute Gasteiger partial charge is 0.354 e. The third-order valence-electron chi connectivity index (χ3n) is 5.27. The number of carbonyl (C=O) groups is 1. The summed E-state index contributed by atoms with van der Waals surface area (Å²) in [5, 5.41) is 3.17. The summed E-state index contributed by atoms with van der Waals surface area (Å²) in [6, 6.07) is 1.94. The molecule has 7 heteroatoms. The molecule has 0 saturated carbocycles. The van der Waals surface area contributed by atoms with E-state index in [4.69, 9.17) is 0 Å². The summed E-state index contributed by atoms with van der Waals surface area (Å²) in [6.45, 7) is 9.26. The van der Waals surface area contributed by atoms with Crippen molar-refractivity contribution >= 4 is 11.9 Å². The Bertz CT molecular complexity index is 743. The molecule has 0 radical (unpaired) electrons. The molecular formula is C20H30N6O. The van der Waals surface area contributed by atoms with E-state index < -0.39 is 0 Å². The molecule has 2 aromatic heterocycles. The molecule has 3 heterocycles. The number of piperidine rings is 1. The lowest BCUT2D eigenvalue weighted by Crippen LogP contribution is -2.39. The summed E-state index contributed by atoms with van der Waals surface area (Å²) in [5.41, 5.74) is 1.87. The van der Waals surface area contributed by atoms with Gasteiger partial charge in [-0.1, -0.05) is 0 Å². The Morgan fingerprint density at radius 3 is 2.52 bits per heavy atom. The van der Waals surface area contributed by atoms with E-state index in [-0.39, 0.29) is 5.91 Å². The maximum absolute atomic E-state index is 12.5. The molecule has 7 nitrogen and oxygen atoms in total. The van der Waals surface area contributed by atoms with Gasteiger partial charge in [0.2, 0.25) is 11.9 Å². The van der Waals surface area contributed by atoms with Gasteiger partial charge in [0.25, 0.3) is 0 Å². The first-order valence-corrected chi connectivity index (χ1v) is 9.83. The lowest BCUT2D eigenvalue weighted by Gasteiger charge is -2.32. The number of nitrogens with one attached hydrogen (secondary N) is 1. The number of hydrogen-bond donors (Lipinski definition) is 1. The van der Waals surface area contributed by atoms with Crippen LogP contribution in [-0.2, 0) is 11.3 Å². The summed E-state index contributed by atoms with van der Waals surface area (Å²) in [4.78, 5) is 27.4. The molecule has 0 atom stereocenters. The Labute approximate surface area is 161 Å². The lowest BCUT2D eigenvalue weighted by atomic mass is 9.93. The summed E-state index contributed by atoms with van der Waals surface area (Å²) in [7, 11) is 0. The molecule has 0 aromatic carbocycles. The van der Waals surface area contributed by atoms with Crippen molar-refractivity contribution < 1.29 is 4.79 Å². The fourth-order valence-corrected chi connectivity index (χ4v) is 3.68. The second kappa shape index (κ2) is 8.97. The smallest absolute Gasteiger partial charge is 0.224 e. The molecule has 0 aliphatic carbocycles. The summed E-state index contributed by atoms with van der Waals surface area (Å²) in [5.74, 6) is 2.59. The number of rotatable bonds is 7. The molecule has 0 spiro atoms. The van der Waals surface area contributed by atoms with Gasteiger partial charge in [-0.25, -0.2) is 15.0 Å². The van der Waals surface area contributed by atoms with Gasteiger partial charge in [-0.2, -0.15) is 0 Å². The van der Waals surface area contributed by atoms with E-state index in [1.807, 2.05) is 44.1 Å².